The number of hydrogen-bond donors (Lipinski definition) is 0. The largest absolute Gasteiger partial charge is 0.462 e. The van der Waals surface area contributed by atoms with Gasteiger partial charge in [-0.15, -0.1) is 0 Å². The Labute approximate surface area is 501 Å². The van der Waals surface area contributed by atoms with Crippen molar-refractivity contribution >= 4 is 17.9 Å². The molecular weight excluding hydrogens is 997 g/mol. The summed E-state index contributed by atoms with van der Waals surface area (Å²) in [5, 5.41) is 0. The first kappa shape index (κ1) is 76.8. The lowest BCUT2D eigenvalue weighted by Gasteiger charge is -2.18. The fourth-order valence-electron chi connectivity index (χ4n) is 9.40. The van der Waals surface area contributed by atoms with Crippen molar-refractivity contribution in [2.45, 2.75) is 322 Å². The van der Waals surface area contributed by atoms with E-state index in [0.29, 0.717) is 12.8 Å². The summed E-state index contributed by atoms with van der Waals surface area (Å²) in [5.41, 5.74) is 0. The van der Waals surface area contributed by atoms with Gasteiger partial charge in [0.25, 0.3) is 0 Å². The van der Waals surface area contributed by atoms with E-state index in [1.54, 1.807) is 0 Å². The second kappa shape index (κ2) is 68.3. The topological polar surface area (TPSA) is 78.9 Å². The Bertz CT molecular complexity index is 1670. The summed E-state index contributed by atoms with van der Waals surface area (Å²) in [6.07, 6.45) is 95.0. The molecule has 81 heavy (non-hydrogen) atoms. The van der Waals surface area contributed by atoms with Gasteiger partial charge in [-0.1, -0.05) is 290 Å². The lowest BCUT2D eigenvalue weighted by molar-refractivity contribution is -0.167. The van der Waals surface area contributed by atoms with Crippen LogP contribution in [0, 0.1) is 0 Å². The zero-order valence-electron chi connectivity index (χ0n) is 53.0. The molecule has 0 aliphatic rings. The smallest absolute Gasteiger partial charge is 0.306 e. The normalized spacial score (nSPS) is 12.9. The molecule has 1 unspecified atom stereocenters. The minimum atomic E-state index is -0.802. The van der Waals surface area contributed by atoms with E-state index in [2.05, 4.69) is 142 Å². The molecule has 0 spiro atoms. The van der Waals surface area contributed by atoms with Gasteiger partial charge in [-0.25, -0.2) is 0 Å². The SMILES string of the molecule is CC/C=C\C/C=C\C/C=C\C/C=C\C/C=C\CCCCCC(=O)OC(COC(=O)CCCCCCC/C=C\CCCCCCCC)COC(=O)CCCCCCCCCCCCCCCCCC/C=C\C/C=C\C/C=C\C/C=C\CC. The van der Waals surface area contributed by atoms with Crippen LogP contribution >= 0.6 is 0 Å². The molecule has 1 atom stereocenters. The van der Waals surface area contributed by atoms with Crippen molar-refractivity contribution in [1.82, 2.24) is 0 Å². The summed E-state index contributed by atoms with van der Waals surface area (Å²) in [5.74, 6) is -0.926. The molecule has 0 aromatic carbocycles. The maximum absolute atomic E-state index is 12.9. The Morgan fingerprint density at radius 2 is 0.481 bits per heavy atom. The number of carbonyl (C=O) groups is 3. The lowest BCUT2D eigenvalue weighted by atomic mass is 10.0. The van der Waals surface area contributed by atoms with Gasteiger partial charge in [0.1, 0.15) is 13.2 Å². The number of unbranched alkanes of at least 4 members (excludes halogenated alkanes) is 30. The molecule has 0 aromatic rings. The molecule has 462 valence electrons. The predicted molar refractivity (Wildman–Crippen MR) is 353 cm³/mol. The van der Waals surface area contributed by atoms with Gasteiger partial charge in [0.05, 0.1) is 0 Å². The molecule has 0 N–H and O–H groups in total. The Morgan fingerprint density at radius 3 is 0.778 bits per heavy atom. The van der Waals surface area contributed by atoms with Crippen molar-refractivity contribution in [3.05, 3.63) is 122 Å². The first-order valence-corrected chi connectivity index (χ1v) is 34.0. The molecule has 0 fully saturated rings. The van der Waals surface area contributed by atoms with Gasteiger partial charge in [0.15, 0.2) is 6.10 Å². The van der Waals surface area contributed by atoms with Crippen molar-refractivity contribution in [2.24, 2.45) is 0 Å². The van der Waals surface area contributed by atoms with Crippen LogP contribution in [0.15, 0.2) is 122 Å². The van der Waals surface area contributed by atoms with E-state index in [4.69, 9.17) is 14.2 Å². The monoisotopic (exact) mass is 1120 g/mol. The molecule has 0 aromatic heterocycles. The maximum atomic E-state index is 12.9. The number of ether oxygens (including phenoxy) is 3. The molecule has 0 rings (SSSR count). The summed E-state index contributed by atoms with van der Waals surface area (Å²) in [6.45, 7) is 6.40. The first-order chi connectivity index (χ1) is 40.0. The summed E-state index contributed by atoms with van der Waals surface area (Å²) >= 11 is 0. The van der Waals surface area contributed by atoms with Gasteiger partial charge in [-0.05, 0) is 128 Å². The zero-order chi connectivity index (χ0) is 58.5. The minimum absolute atomic E-state index is 0.0942. The third kappa shape index (κ3) is 66.5. The van der Waals surface area contributed by atoms with E-state index in [1.165, 1.54) is 148 Å². The molecule has 0 saturated carbocycles. The van der Waals surface area contributed by atoms with Gasteiger partial charge in [0.2, 0.25) is 0 Å². The van der Waals surface area contributed by atoms with Crippen LogP contribution in [0.5, 0.6) is 0 Å². The second-order valence-electron chi connectivity index (χ2n) is 22.3. The number of rotatable bonds is 61. The molecule has 0 saturated heterocycles. The Balaban J connectivity index is 4.33. The van der Waals surface area contributed by atoms with E-state index >= 15 is 0 Å². The summed E-state index contributed by atoms with van der Waals surface area (Å²) < 4.78 is 16.9. The molecule has 0 amide bonds. The average Bonchev–Trinajstić information content (AvgIpc) is 3.47. The number of allylic oxidation sites excluding steroid dienone is 20. The van der Waals surface area contributed by atoms with Crippen LogP contribution in [0.25, 0.3) is 0 Å². The van der Waals surface area contributed by atoms with E-state index < -0.39 is 6.10 Å². The van der Waals surface area contributed by atoms with Crippen LogP contribution in [0.1, 0.15) is 316 Å². The molecule has 6 nitrogen and oxygen atoms in total. The van der Waals surface area contributed by atoms with Gasteiger partial charge in [-0.2, -0.15) is 0 Å². The fourth-order valence-corrected chi connectivity index (χ4v) is 9.40. The van der Waals surface area contributed by atoms with Crippen LogP contribution in [0.3, 0.4) is 0 Å². The third-order valence-corrected chi connectivity index (χ3v) is 14.4. The molecule has 0 aliphatic carbocycles. The van der Waals surface area contributed by atoms with Crippen molar-refractivity contribution in [1.29, 1.82) is 0 Å². The predicted octanol–water partition coefficient (Wildman–Crippen LogP) is 23.6. The van der Waals surface area contributed by atoms with Gasteiger partial charge >= 0.3 is 17.9 Å². The zero-order valence-corrected chi connectivity index (χ0v) is 53.0. The highest BCUT2D eigenvalue weighted by atomic mass is 16.6. The highest BCUT2D eigenvalue weighted by molar-refractivity contribution is 5.71. The lowest BCUT2D eigenvalue weighted by Crippen LogP contribution is -2.30. The molecule has 0 bridgehead atoms. The van der Waals surface area contributed by atoms with E-state index in [0.717, 1.165) is 128 Å². The molecular formula is C75H126O6. The average molecular weight is 1120 g/mol. The Hall–Kier alpha value is -4.19. The van der Waals surface area contributed by atoms with Gasteiger partial charge in [0, 0.05) is 19.3 Å². The number of esters is 3. The summed E-state index contributed by atoms with van der Waals surface area (Å²) in [7, 11) is 0. The minimum Gasteiger partial charge on any atom is -0.462 e. The van der Waals surface area contributed by atoms with E-state index in [-0.39, 0.29) is 37.5 Å². The highest BCUT2D eigenvalue weighted by Gasteiger charge is 2.19. The van der Waals surface area contributed by atoms with Crippen molar-refractivity contribution in [3.8, 4) is 0 Å². The Kier molecular flexibility index (Phi) is 64.8. The Morgan fingerprint density at radius 1 is 0.259 bits per heavy atom. The second-order valence-corrected chi connectivity index (χ2v) is 22.3. The van der Waals surface area contributed by atoms with Gasteiger partial charge in [-0.3, -0.25) is 14.4 Å². The molecule has 6 heteroatoms. The fraction of sp³-hybridized carbons (Fsp3) is 0.693. The van der Waals surface area contributed by atoms with Crippen molar-refractivity contribution < 1.29 is 28.6 Å². The molecule has 0 aliphatic heterocycles. The van der Waals surface area contributed by atoms with E-state index in [9.17, 15) is 14.4 Å². The number of carbonyl (C=O) groups excluding carboxylic acids is 3. The number of hydrogen-bond acceptors (Lipinski definition) is 6. The highest BCUT2D eigenvalue weighted by Crippen LogP contribution is 2.16. The van der Waals surface area contributed by atoms with Gasteiger partial charge < -0.3 is 14.2 Å². The molecule has 0 radical (unpaired) electrons. The van der Waals surface area contributed by atoms with Crippen LogP contribution < -0.4 is 0 Å². The molecule has 0 heterocycles. The van der Waals surface area contributed by atoms with Crippen LogP contribution in [0.2, 0.25) is 0 Å². The quantitative estimate of drug-likeness (QED) is 0.0261. The van der Waals surface area contributed by atoms with Crippen LogP contribution in [-0.4, -0.2) is 37.2 Å². The first-order valence-electron chi connectivity index (χ1n) is 34.0. The van der Waals surface area contributed by atoms with Crippen molar-refractivity contribution in [3.63, 3.8) is 0 Å². The standard InChI is InChI=1S/C75H126O6/c1-4-7-10-13-16-19-22-25-28-30-32-33-34-35-36-37-38-39-40-41-43-44-47-50-53-56-59-62-65-68-74(77)80-71-72(70-79-73(76)67-64-61-58-55-52-49-46-27-24-21-18-15-12-9-6-3)81-75(78)69-66-63-60-57-54-51-48-45-42-31-29-26-23-20-17-14-11-8-5-2/h7-8,10-11,16-17,19-20,25-29,32-33,42,45-46,51,54,72H,4-6,9,12-15,18,21-24,30-31,34-41,43-44,47-50,52-53,55-71H2,1-3H3/b10-7-,11-8-,19-16-,20-17-,28-25-,29-26-,33-32-,45-42-,46-27-,54-51-. The summed E-state index contributed by atoms with van der Waals surface area (Å²) in [6, 6.07) is 0. The maximum Gasteiger partial charge on any atom is 0.306 e. The van der Waals surface area contributed by atoms with Crippen molar-refractivity contribution in [2.75, 3.05) is 13.2 Å². The third-order valence-electron chi connectivity index (χ3n) is 14.4. The van der Waals surface area contributed by atoms with Crippen LogP contribution in [-0.2, 0) is 28.6 Å². The van der Waals surface area contributed by atoms with E-state index in [1.807, 2.05) is 0 Å². The summed E-state index contributed by atoms with van der Waals surface area (Å²) in [4.78, 5) is 38.4. The van der Waals surface area contributed by atoms with Crippen LogP contribution in [0.4, 0.5) is 0 Å².